The Bertz CT molecular complexity index is 419. The molecule has 0 aromatic heterocycles. The van der Waals surface area contributed by atoms with Crippen molar-refractivity contribution in [3.05, 3.63) is 34.6 Å². The molecule has 0 aliphatic carbocycles. The number of hydrogen-bond acceptors (Lipinski definition) is 2. The molecule has 2 unspecified atom stereocenters. The van der Waals surface area contributed by atoms with Crippen molar-refractivity contribution >= 4 is 11.6 Å². The first kappa shape index (κ1) is 14.8. The van der Waals surface area contributed by atoms with Crippen molar-refractivity contribution in [1.82, 2.24) is 10.2 Å². The van der Waals surface area contributed by atoms with Crippen LogP contribution in [0.3, 0.4) is 0 Å². The Balaban J connectivity index is 1.88. The Morgan fingerprint density at radius 3 is 2.63 bits per heavy atom. The van der Waals surface area contributed by atoms with Crippen LogP contribution in [-0.4, -0.2) is 30.6 Å². The summed E-state index contributed by atoms with van der Waals surface area (Å²) in [6, 6.07) is 5.52. The molecule has 4 heteroatoms. The number of nitrogens with one attached hydrogen (secondary N) is 1. The molecule has 0 spiro atoms. The molecule has 1 aromatic rings. The van der Waals surface area contributed by atoms with Gasteiger partial charge in [0.15, 0.2) is 0 Å². The molecule has 2 nitrogen and oxygen atoms in total. The van der Waals surface area contributed by atoms with Gasteiger partial charge in [-0.3, -0.25) is 0 Å². The van der Waals surface area contributed by atoms with E-state index in [1.807, 2.05) is 0 Å². The second kappa shape index (κ2) is 6.69. The van der Waals surface area contributed by atoms with Crippen molar-refractivity contribution in [3.63, 3.8) is 0 Å². The van der Waals surface area contributed by atoms with Crippen molar-refractivity contribution in [1.29, 1.82) is 0 Å². The second-order valence-corrected chi connectivity index (χ2v) is 5.88. The van der Waals surface area contributed by atoms with Crippen LogP contribution in [0, 0.1) is 5.82 Å². The van der Waals surface area contributed by atoms with Crippen LogP contribution in [0.15, 0.2) is 18.2 Å². The van der Waals surface area contributed by atoms with Crippen molar-refractivity contribution in [2.75, 3.05) is 19.6 Å². The minimum absolute atomic E-state index is 0.177. The summed E-state index contributed by atoms with van der Waals surface area (Å²) in [6.07, 6.45) is 2.63. The Hall–Kier alpha value is -0.640. The number of nitrogens with zero attached hydrogens (tertiary/aromatic N) is 1. The highest BCUT2D eigenvalue weighted by molar-refractivity contribution is 6.30. The van der Waals surface area contributed by atoms with Crippen molar-refractivity contribution in [2.45, 2.75) is 38.8 Å². The van der Waals surface area contributed by atoms with E-state index in [0.717, 1.165) is 12.1 Å². The van der Waals surface area contributed by atoms with Gasteiger partial charge in [-0.1, -0.05) is 17.7 Å². The third kappa shape index (κ3) is 4.16. The van der Waals surface area contributed by atoms with Gasteiger partial charge >= 0.3 is 0 Å². The predicted molar refractivity (Wildman–Crippen MR) is 78.1 cm³/mol. The van der Waals surface area contributed by atoms with Crippen LogP contribution in [0.25, 0.3) is 0 Å². The van der Waals surface area contributed by atoms with Gasteiger partial charge in [-0.15, -0.1) is 0 Å². The summed E-state index contributed by atoms with van der Waals surface area (Å²) in [5.74, 6) is -0.359. The highest BCUT2D eigenvalue weighted by Crippen LogP contribution is 2.21. The van der Waals surface area contributed by atoms with E-state index in [0.29, 0.717) is 6.04 Å². The van der Waals surface area contributed by atoms with Crippen LogP contribution in [0.4, 0.5) is 4.39 Å². The molecule has 0 bridgehead atoms. The van der Waals surface area contributed by atoms with Gasteiger partial charge in [-0.2, -0.15) is 0 Å². The first-order chi connectivity index (χ1) is 9.06. The third-order valence-corrected chi connectivity index (χ3v) is 4.00. The van der Waals surface area contributed by atoms with E-state index in [-0.39, 0.29) is 16.9 Å². The number of rotatable bonds is 5. The third-order valence-electron chi connectivity index (χ3n) is 3.71. The monoisotopic (exact) mass is 284 g/mol. The highest BCUT2D eigenvalue weighted by atomic mass is 35.5. The smallest absolute Gasteiger partial charge is 0.141 e. The van der Waals surface area contributed by atoms with Gasteiger partial charge in [-0.25, -0.2) is 4.39 Å². The topological polar surface area (TPSA) is 15.3 Å². The molecule has 1 aromatic carbocycles. The van der Waals surface area contributed by atoms with E-state index in [9.17, 15) is 4.39 Å². The Morgan fingerprint density at radius 2 is 2.00 bits per heavy atom. The molecule has 0 radical (unpaired) electrons. The molecule has 19 heavy (non-hydrogen) atoms. The highest BCUT2D eigenvalue weighted by Gasteiger charge is 2.16. The van der Waals surface area contributed by atoms with E-state index in [2.05, 4.69) is 24.1 Å². The minimum Gasteiger partial charge on any atom is -0.306 e. The summed E-state index contributed by atoms with van der Waals surface area (Å²) in [6.45, 7) is 7.77. The summed E-state index contributed by atoms with van der Waals surface area (Å²) in [5.41, 5.74) is 1.03. The molecule has 1 saturated heterocycles. The lowest BCUT2D eigenvalue weighted by Crippen LogP contribution is -2.39. The largest absolute Gasteiger partial charge is 0.306 e. The molecule has 1 fully saturated rings. The quantitative estimate of drug-likeness (QED) is 0.888. The van der Waals surface area contributed by atoms with Crippen LogP contribution in [0.5, 0.6) is 0 Å². The molecular formula is C15H22ClFN2. The molecular weight excluding hydrogens is 263 g/mol. The van der Waals surface area contributed by atoms with Gasteiger partial charge in [0, 0.05) is 18.6 Å². The predicted octanol–water partition coefficient (Wildman–Crippen LogP) is 3.61. The number of halogens is 2. The molecule has 1 N–H and O–H groups in total. The van der Waals surface area contributed by atoms with E-state index < -0.39 is 0 Å². The molecule has 1 heterocycles. The average molecular weight is 285 g/mol. The standard InChI is InChI=1S/C15H22ClFN2/c1-11(10-19-7-3-4-8-19)18-12(2)13-5-6-15(17)14(16)9-13/h5-6,9,11-12,18H,3-4,7-8,10H2,1-2H3. The Labute approximate surface area is 119 Å². The Morgan fingerprint density at radius 1 is 1.32 bits per heavy atom. The summed E-state index contributed by atoms with van der Waals surface area (Å²) < 4.78 is 13.1. The zero-order valence-corrected chi connectivity index (χ0v) is 12.4. The number of hydrogen-bond donors (Lipinski definition) is 1. The van der Waals surface area contributed by atoms with Gasteiger partial charge in [0.05, 0.1) is 5.02 Å². The normalized spacial score (nSPS) is 19.6. The summed E-state index contributed by atoms with van der Waals surface area (Å²) >= 11 is 5.82. The molecule has 2 atom stereocenters. The molecule has 0 amide bonds. The minimum atomic E-state index is -0.359. The lowest BCUT2D eigenvalue weighted by molar-refractivity contribution is 0.289. The first-order valence-electron chi connectivity index (χ1n) is 6.99. The average Bonchev–Trinajstić information content (AvgIpc) is 2.85. The van der Waals surface area contributed by atoms with Gasteiger partial charge in [0.2, 0.25) is 0 Å². The zero-order valence-electron chi connectivity index (χ0n) is 11.6. The van der Waals surface area contributed by atoms with Crippen LogP contribution in [-0.2, 0) is 0 Å². The maximum absolute atomic E-state index is 13.1. The summed E-state index contributed by atoms with van der Waals surface area (Å²) in [7, 11) is 0. The first-order valence-corrected chi connectivity index (χ1v) is 7.37. The molecule has 0 saturated carbocycles. The number of likely N-dealkylation sites (tertiary alicyclic amines) is 1. The van der Waals surface area contributed by atoms with Crippen LogP contribution in [0.2, 0.25) is 5.02 Å². The van der Waals surface area contributed by atoms with Crippen LogP contribution < -0.4 is 5.32 Å². The van der Waals surface area contributed by atoms with Gasteiger partial charge in [-0.05, 0) is 57.5 Å². The molecule has 2 rings (SSSR count). The van der Waals surface area contributed by atoms with E-state index >= 15 is 0 Å². The zero-order chi connectivity index (χ0) is 13.8. The lowest BCUT2D eigenvalue weighted by Gasteiger charge is -2.25. The second-order valence-electron chi connectivity index (χ2n) is 5.47. The fourth-order valence-electron chi connectivity index (χ4n) is 2.71. The van der Waals surface area contributed by atoms with E-state index in [4.69, 9.17) is 11.6 Å². The lowest BCUT2D eigenvalue weighted by atomic mass is 10.1. The molecule has 1 aliphatic rings. The fourth-order valence-corrected chi connectivity index (χ4v) is 2.90. The molecule has 106 valence electrons. The summed E-state index contributed by atoms with van der Waals surface area (Å²) in [4.78, 5) is 2.49. The Kier molecular flexibility index (Phi) is 5.20. The van der Waals surface area contributed by atoms with Gasteiger partial charge in [0.1, 0.15) is 5.82 Å². The maximum Gasteiger partial charge on any atom is 0.141 e. The number of benzene rings is 1. The maximum atomic E-state index is 13.1. The van der Waals surface area contributed by atoms with Crippen molar-refractivity contribution in [2.24, 2.45) is 0 Å². The van der Waals surface area contributed by atoms with Crippen LogP contribution in [0.1, 0.15) is 38.3 Å². The molecule has 1 aliphatic heterocycles. The van der Waals surface area contributed by atoms with Crippen molar-refractivity contribution < 1.29 is 4.39 Å². The fraction of sp³-hybridized carbons (Fsp3) is 0.600. The van der Waals surface area contributed by atoms with Gasteiger partial charge < -0.3 is 10.2 Å². The van der Waals surface area contributed by atoms with E-state index in [1.165, 1.54) is 32.0 Å². The summed E-state index contributed by atoms with van der Waals surface area (Å²) in [5, 5.41) is 3.74. The van der Waals surface area contributed by atoms with Crippen molar-refractivity contribution in [3.8, 4) is 0 Å². The van der Waals surface area contributed by atoms with E-state index in [1.54, 1.807) is 12.1 Å². The van der Waals surface area contributed by atoms with Gasteiger partial charge in [0.25, 0.3) is 0 Å². The SMILES string of the molecule is CC(CN1CCCC1)NC(C)c1ccc(F)c(Cl)c1. The van der Waals surface area contributed by atoms with Crippen LogP contribution >= 0.6 is 11.6 Å².